The van der Waals surface area contributed by atoms with Crippen molar-refractivity contribution in [3.63, 3.8) is 0 Å². The number of ether oxygens (including phenoxy) is 1. The molecule has 5 rings (SSSR count). The van der Waals surface area contributed by atoms with Crippen LogP contribution < -0.4 is 4.74 Å². The van der Waals surface area contributed by atoms with Crippen molar-refractivity contribution in [2.24, 2.45) is 17.8 Å². The molecule has 0 radical (unpaired) electrons. The molecule has 182 valence electrons. The highest BCUT2D eigenvalue weighted by molar-refractivity contribution is 6.24. The van der Waals surface area contributed by atoms with Gasteiger partial charge >= 0.3 is 0 Å². The molecule has 0 unspecified atom stereocenters. The lowest BCUT2D eigenvalue weighted by Crippen LogP contribution is -2.46. The highest BCUT2D eigenvalue weighted by Crippen LogP contribution is 2.56. The molecule has 0 spiro atoms. The minimum absolute atomic E-state index is 0.0241. The predicted octanol–water partition coefficient (Wildman–Crippen LogP) is 3.63. The van der Waals surface area contributed by atoms with Crippen LogP contribution in [0.4, 0.5) is 0 Å². The summed E-state index contributed by atoms with van der Waals surface area (Å²) in [7, 11) is 1.51. The number of likely N-dealkylation sites (tertiary alicyclic amines) is 1. The van der Waals surface area contributed by atoms with Crippen molar-refractivity contribution in [2.75, 3.05) is 7.11 Å². The SMILES string of the molecule is COc1ccc(O)c([C@H]2C3=CC[C@@H]4C(=O)N(C(C)(C)C)C(=O)[C@@H]4[C@@H]3CC3=C2C(=O)C(C)=CC3=O)c1. The zero-order valence-corrected chi connectivity index (χ0v) is 20.5. The third kappa shape index (κ3) is 3.32. The minimum atomic E-state index is -0.702. The lowest BCUT2D eigenvalue weighted by molar-refractivity contribution is -0.145. The highest BCUT2D eigenvalue weighted by atomic mass is 16.5. The number of carbonyl (C=O) groups excluding carboxylic acids is 4. The molecule has 1 saturated heterocycles. The van der Waals surface area contributed by atoms with Crippen LogP contribution in [-0.4, -0.2) is 46.0 Å². The molecule has 1 aromatic rings. The Morgan fingerprint density at radius 2 is 1.77 bits per heavy atom. The van der Waals surface area contributed by atoms with E-state index in [1.165, 1.54) is 24.2 Å². The summed E-state index contributed by atoms with van der Waals surface area (Å²) in [5.74, 6) is -2.67. The van der Waals surface area contributed by atoms with Gasteiger partial charge in [0.15, 0.2) is 11.6 Å². The normalized spacial score (nSPS) is 28.4. The number of hydrogen-bond donors (Lipinski definition) is 1. The number of amides is 2. The molecule has 1 aromatic carbocycles. The largest absolute Gasteiger partial charge is 0.508 e. The van der Waals surface area contributed by atoms with Crippen LogP contribution in [0.15, 0.2) is 52.6 Å². The van der Waals surface area contributed by atoms with E-state index in [9.17, 15) is 24.3 Å². The van der Waals surface area contributed by atoms with Gasteiger partial charge in [-0.3, -0.25) is 24.1 Å². The topological polar surface area (TPSA) is 101 Å². The van der Waals surface area contributed by atoms with Crippen molar-refractivity contribution in [3.05, 3.63) is 58.2 Å². The number of ketones is 2. The summed E-state index contributed by atoms with van der Waals surface area (Å²) < 4.78 is 5.38. The van der Waals surface area contributed by atoms with Gasteiger partial charge in [-0.1, -0.05) is 11.6 Å². The van der Waals surface area contributed by atoms with Gasteiger partial charge in [-0.15, -0.1) is 0 Å². The van der Waals surface area contributed by atoms with Crippen LogP contribution in [0.2, 0.25) is 0 Å². The summed E-state index contributed by atoms with van der Waals surface area (Å²) in [4.78, 5) is 54.8. The van der Waals surface area contributed by atoms with Crippen LogP contribution in [0, 0.1) is 17.8 Å². The van der Waals surface area contributed by atoms with E-state index in [-0.39, 0.29) is 35.6 Å². The Kier molecular flexibility index (Phi) is 5.16. The zero-order chi connectivity index (χ0) is 25.4. The molecule has 35 heavy (non-hydrogen) atoms. The average Bonchev–Trinajstić information content (AvgIpc) is 3.07. The van der Waals surface area contributed by atoms with Crippen LogP contribution >= 0.6 is 0 Å². The van der Waals surface area contributed by atoms with Gasteiger partial charge in [-0.25, -0.2) is 0 Å². The second kappa shape index (κ2) is 7.77. The molecule has 2 amide bonds. The minimum Gasteiger partial charge on any atom is -0.508 e. The maximum Gasteiger partial charge on any atom is 0.234 e. The number of benzene rings is 1. The molecule has 1 fully saturated rings. The van der Waals surface area contributed by atoms with Gasteiger partial charge in [0.25, 0.3) is 0 Å². The monoisotopic (exact) mass is 475 g/mol. The van der Waals surface area contributed by atoms with E-state index in [1.807, 2.05) is 26.8 Å². The molecule has 0 aromatic heterocycles. The van der Waals surface area contributed by atoms with E-state index < -0.39 is 29.2 Å². The number of phenolic OH excluding ortho intramolecular Hbond substituents is 1. The molecule has 7 heteroatoms. The van der Waals surface area contributed by atoms with Crippen molar-refractivity contribution in [1.82, 2.24) is 4.90 Å². The number of rotatable bonds is 2. The van der Waals surface area contributed by atoms with E-state index in [2.05, 4.69) is 0 Å². The van der Waals surface area contributed by atoms with E-state index in [0.29, 0.717) is 34.5 Å². The molecule has 7 nitrogen and oxygen atoms in total. The summed E-state index contributed by atoms with van der Waals surface area (Å²) in [5.41, 5.74) is 1.66. The van der Waals surface area contributed by atoms with Crippen molar-refractivity contribution < 1.29 is 29.0 Å². The Morgan fingerprint density at radius 3 is 2.43 bits per heavy atom. The quantitative estimate of drug-likeness (QED) is 0.398. The average molecular weight is 476 g/mol. The predicted molar refractivity (Wildman–Crippen MR) is 128 cm³/mol. The Bertz CT molecular complexity index is 1290. The van der Waals surface area contributed by atoms with Crippen molar-refractivity contribution in [1.29, 1.82) is 0 Å². The number of hydrogen-bond acceptors (Lipinski definition) is 6. The Balaban J connectivity index is 1.71. The molecule has 0 bridgehead atoms. The summed E-state index contributed by atoms with van der Waals surface area (Å²) in [6.07, 6.45) is 3.88. The highest BCUT2D eigenvalue weighted by Gasteiger charge is 2.58. The molecule has 0 saturated carbocycles. The van der Waals surface area contributed by atoms with Gasteiger partial charge < -0.3 is 9.84 Å². The fraction of sp³-hybridized carbons (Fsp3) is 0.429. The van der Waals surface area contributed by atoms with Gasteiger partial charge in [0, 0.05) is 33.7 Å². The summed E-state index contributed by atoms with van der Waals surface area (Å²) in [5, 5.41) is 10.9. The molecule has 4 atom stereocenters. The van der Waals surface area contributed by atoms with E-state index >= 15 is 0 Å². The maximum atomic E-state index is 13.6. The smallest absolute Gasteiger partial charge is 0.234 e. The molecule has 1 heterocycles. The Labute approximate surface area is 204 Å². The van der Waals surface area contributed by atoms with Crippen molar-refractivity contribution in [2.45, 2.75) is 52.0 Å². The van der Waals surface area contributed by atoms with Crippen molar-refractivity contribution in [3.8, 4) is 11.5 Å². The number of nitrogens with zero attached hydrogens (tertiary/aromatic N) is 1. The molecule has 1 aliphatic heterocycles. The second-order valence-electron chi connectivity index (χ2n) is 10.8. The lowest BCUT2D eigenvalue weighted by atomic mass is 9.59. The first kappa shape index (κ1) is 23.3. The fourth-order valence-corrected chi connectivity index (χ4v) is 6.27. The van der Waals surface area contributed by atoms with Gasteiger partial charge in [0.1, 0.15) is 11.5 Å². The first-order chi connectivity index (χ1) is 16.5. The molecule has 3 aliphatic carbocycles. The fourth-order valence-electron chi connectivity index (χ4n) is 6.27. The van der Waals surface area contributed by atoms with Crippen LogP contribution in [0.25, 0.3) is 0 Å². The Morgan fingerprint density at radius 1 is 1.06 bits per heavy atom. The second-order valence-corrected chi connectivity index (χ2v) is 10.8. The zero-order valence-electron chi connectivity index (χ0n) is 20.5. The van der Waals surface area contributed by atoms with Gasteiger partial charge in [-0.2, -0.15) is 0 Å². The third-order valence-corrected chi connectivity index (χ3v) is 7.78. The molecule has 1 N–H and O–H groups in total. The van der Waals surface area contributed by atoms with Crippen molar-refractivity contribution >= 4 is 23.4 Å². The number of phenols is 1. The maximum absolute atomic E-state index is 13.6. The number of carbonyl (C=O) groups is 4. The summed E-state index contributed by atoms with van der Waals surface area (Å²) >= 11 is 0. The first-order valence-corrected chi connectivity index (χ1v) is 11.9. The van der Waals surface area contributed by atoms with E-state index in [0.717, 1.165) is 5.57 Å². The third-order valence-electron chi connectivity index (χ3n) is 7.78. The number of allylic oxidation sites excluding steroid dienone is 6. The summed E-state index contributed by atoms with van der Waals surface area (Å²) in [6.45, 7) is 7.13. The van der Waals surface area contributed by atoms with Gasteiger partial charge in [-0.05, 0) is 70.7 Å². The lowest BCUT2D eigenvalue weighted by Gasteiger charge is -2.42. The summed E-state index contributed by atoms with van der Waals surface area (Å²) in [6, 6.07) is 4.81. The van der Waals surface area contributed by atoms with Gasteiger partial charge in [0.2, 0.25) is 11.8 Å². The van der Waals surface area contributed by atoms with Crippen LogP contribution in [0.1, 0.15) is 52.0 Å². The number of imide groups is 1. The number of Topliss-reactive ketones (excluding diaryl/α,β-unsaturated/α-hetero) is 1. The number of aromatic hydroxyl groups is 1. The number of methoxy groups -OCH3 is 1. The van der Waals surface area contributed by atoms with Crippen LogP contribution in [-0.2, 0) is 19.2 Å². The van der Waals surface area contributed by atoms with Crippen LogP contribution in [0.3, 0.4) is 0 Å². The van der Waals surface area contributed by atoms with E-state index in [4.69, 9.17) is 4.74 Å². The van der Waals surface area contributed by atoms with Gasteiger partial charge in [0.05, 0.1) is 18.9 Å². The molecule has 4 aliphatic rings. The first-order valence-electron chi connectivity index (χ1n) is 11.9. The van der Waals surface area contributed by atoms with E-state index in [1.54, 1.807) is 19.1 Å². The molecular formula is C28H29NO6. The van der Waals surface area contributed by atoms with Crippen LogP contribution in [0.5, 0.6) is 11.5 Å². The Hall–Kier alpha value is -3.48. The molecular weight excluding hydrogens is 446 g/mol. The standard InChI is InChI=1S/C28H29NO6/c1-13-10-21(31)19-12-17-15(7-8-16-23(17)27(34)29(26(16)33)28(2,3)4)22(24(19)25(13)32)18-11-14(35-5)6-9-20(18)30/h6-7,9-11,16-17,22-23,30H,8,12H2,1-5H3/t16-,17+,22+,23-/m0/s1. The number of fused-ring (bicyclic) bond motifs is 3.